The third kappa shape index (κ3) is 5.32. The Labute approximate surface area is 191 Å². The van der Waals surface area contributed by atoms with Crippen molar-refractivity contribution in [3.8, 4) is 0 Å². The quantitative estimate of drug-likeness (QED) is 0.522. The molecule has 0 spiro atoms. The summed E-state index contributed by atoms with van der Waals surface area (Å²) in [5, 5.41) is 10.7. The van der Waals surface area contributed by atoms with E-state index in [1.807, 2.05) is 54.6 Å². The van der Waals surface area contributed by atoms with Crippen molar-refractivity contribution in [1.29, 1.82) is 0 Å². The fourth-order valence-electron chi connectivity index (χ4n) is 3.74. The highest BCUT2D eigenvalue weighted by atomic mass is 79.9. The summed E-state index contributed by atoms with van der Waals surface area (Å²) >= 11 is 3.43. The number of aliphatic hydroxyl groups excluding tert-OH is 1. The van der Waals surface area contributed by atoms with E-state index in [1.165, 1.54) is 6.08 Å². The van der Waals surface area contributed by atoms with E-state index in [-0.39, 0.29) is 11.4 Å². The first-order valence-electron chi connectivity index (χ1n) is 10.5. The maximum Gasteiger partial charge on any atom is 0.290 e. The van der Waals surface area contributed by atoms with E-state index in [9.17, 15) is 14.7 Å². The minimum absolute atomic E-state index is 0.124. The van der Waals surface area contributed by atoms with E-state index in [0.29, 0.717) is 13.1 Å². The second kappa shape index (κ2) is 10.6. The fourth-order valence-corrected chi connectivity index (χ4v) is 4.01. The maximum absolute atomic E-state index is 13.1. The van der Waals surface area contributed by atoms with Crippen LogP contribution in [0, 0.1) is 0 Å². The molecule has 0 radical (unpaired) electrons. The minimum atomic E-state index is -0.621. The van der Waals surface area contributed by atoms with Gasteiger partial charge in [-0.05, 0) is 42.4 Å². The second-order valence-electron chi connectivity index (χ2n) is 7.35. The van der Waals surface area contributed by atoms with Gasteiger partial charge in [-0.25, -0.2) is 0 Å². The van der Waals surface area contributed by atoms with Crippen molar-refractivity contribution < 1.29 is 14.7 Å². The summed E-state index contributed by atoms with van der Waals surface area (Å²) in [6.45, 7) is 6.96. The van der Waals surface area contributed by atoms with Gasteiger partial charge >= 0.3 is 0 Å². The number of allylic oxidation sites excluding steroid dienone is 1. The number of hydrogen-bond donors (Lipinski definition) is 1. The number of carbonyl (C=O) groups is 2. The molecule has 0 fully saturated rings. The lowest BCUT2D eigenvalue weighted by Gasteiger charge is -2.29. The maximum atomic E-state index is 13.1. The highest BCUT2D eigenvalue weighted by Crippen LogP contribution is 2.38. The summed E-state index contributed by atoms with van der Waals surface area (Å²) in [5.41, 5.74) is 1.79. The second-order valence-corrected chi connectivity index (χ2v) is 8.27. The zero-order valence-corrected chi connectivity index (χ0v) is 19.4. The molecule has 0 aliphatic carbocycles. The average Bonchev–Trinajstić information content (AvgIpc) is 3.04. The summed E-state index contributed by atoms with van der Waals surface area (Å²) in [6, 6.07) is 16.3. The van der Waals surface area contributed by atoms with Crippen LogP contribution in [0.5, 0.6) is 0 Å². The van der Waals surface area contributed by atoms with Crippen LogP contribution in [0.15, 0.2) is 76.5 Å². The van der Waals surface area contributed by atoms with Crippen molar-refractivity contribution in [3.63, 3.8) is 0 Å². The van der Waals surface area contributed by atoms with Gasteiger partial charge in [0.1, 0.15) is 0 Å². The predicted molar refractivity (Wildman–Crippen MR) is 127 cm³/mol. The lowest BCUT2D eigenvalue weighted by atomic mass is 9.95. The molecule has 6 heteroatoms. The Balaban J connectivity index is 1.94. The summed E-state index contributed by atoms with van der Waals surface area (Å²) in [4.78, 5) is 29.9. The van der Waals surface area contributed by atoms with E-state index in [0.717, 1.165) is 28.7 Å². The van der Waals surface area contributed by atoms with Crippen LogP contribution in [-0.2, 0) is 9.59 Å². The Morgan fingerprint density at radius 3 is 2.35 bits per heavy atom. The largest absolute Gasteiger partial charge is 0.503 e. The molecule has 5 nitrogen and oxygen atoms in total. The first-order valence-corrected chi connectivity index (χ1v) is 11.2. The monoisotopic (exact) mass is 482 g/mol. The molecule has 1 heterocycles. The molecule has 0 saturated heterocycles. The standard InChI is InChI=1S/C25H27BrN2O3/c1-3-27(4-2)16-17-28-23(19-11-13-20(26)14-12-19)22(24(30)25(28)31)21(29)15-10-18-8-6-5-7-9-18/h5-15,23,30H,3-4,16-17H2,1-2H3/b15-10+/t23-/m1/s1. The van der Waals surface area contributed by atoms with Gasteiger partial charge in [0.05, 0.1) is 11.6 Å². The van der Waals surface area contributed by atoms with E-state index in [2.05, 4.69) is 34.7 Å². The van der Waals surface area contributed by atoms with Crippen LogP contribution in [0.25, 0.3) is 6.08 Å². The molecule has 0 aromatic heterocycles. The van der Waals surface area contributed by atoms with Crippen LogP contribution in [0.4, 0.5) is 0 Å². The van der Waals surface area contributed by atoms with E-state index >= 15 is 0 Å². The summed E-state index contributed by atoms with van der Waals surface area (Å²) in [7, 11) is 0. The molecule has 2 aromatic rings. The molecule has 0 unspecified atom stereocenters. The molecule has 1 aliphatic heterocycles. The van der Waals surface area contributed by atoms with E-state index < -0.39 is 17.7 Å². The molecule has 162 valence electrons. The van der Waals surface area contributed by atoms with E-state index in [1.54, 1.807) is 11.0 Å². The molecular weight excluding hydrogens is 456 g/mol. The Hall–Kier alpha value is -2.70. The minimum Gasteiger partial charge on any atom is -0.503 e. The topological polar surface area (TPSA) is 60.9 Å². The number of nitrogens with zero attached hydrogens (tertiary/aromatic N) is 2. The molecule has 2 aromatic carbocycles. The number of halogens is 1. The number of likely N-dealkylation sites (N-methyl/N-ethyl adjacent to an activating group) is 1. The summed E-state index contributed by atoms with van der Waals surface area (Å²) < 4.78 is 0.903. The predicted octanol–water partition coefficient (Wildman–Crippen LogP) is 4.77. The number of carbonyl (C=O) groups excluding carboxylic acids is 2. The molecule has 31 heavy (non-hydrogen) atoms. The van der Waals surface area contributed by atoms with Crippen molar-refractivity contribution in [3.05, 3.63) is 87.6 Å². The summed E-state index contributed by atoms with van der Waals surface area (Å²) in [6.07, 6.45) is 3.12. The molecule has 3 rings (SSSR count). The number of aliphatic hydroxyl groups is 1. The van der Waals surface area contributed by atoms with Crippen molar-refractivity contribution in [2.75, 3.05) is 26.2 Å². The van der Waals surface area contributed by atoms with E-state index in [4.69, 9.17) is 0 Å². The molecular formula is C25H27BrN2O3. The number of hydrogen-bond acceptors (Lipinski definition) is 4. The smallest absolute Gasteiger partial charge is 0.290 e. The normalized spacial score (nSPS) is 16.7. The zero-order chi connectivity index (χ0) is 22.4. The van der Waals surface area contributed by atoms with Crippen LogP contribution in [0.3, 0.4) is 0 Å². The molecule has 1 amide bonds. The Bertz CT molecular complexity index is 980. The van der Waals surface area contributed by atoms with Crippen molar-refractivity contribution in [2.45, 2.75) is 19.9 Å². The van der Waals surface area contributed by atoms with Crippen LogP contribution >= 0.6 is 15.9 Å². The highest BCUT2D eigenvalue weighted by Gasteiger charge is 2.42. The molecule has 1 atom stereocenters. The van der Waals surface area contributed by atoms with Crippen LogP contribution < -0.4 is 0 Å². The van der Waals surface area contributed by atoms with Crippen molar-refractivity contribution in [2.24, 2.45) is 0 Å². The number of ketones is 1. The van der Waals surface area contributed by atoms with Crippen LogP contribution in [0.2, 0.25) is 0 Å². The van der Waals surface area contributed by atoms with Gasteiger partial charge in [-0.2, -0.15) is 0 Å². The summed E-state index contributed by atoms with van der Waals surface area (Å²) in [5.74, 6) is -1.33. The van der Waals surface area contributed by atoms with Crippen LogP contribution in [0.1, 0.15) is 31.0 Å². The van der Waals surface area contributed by atoms with Gasteiger partial charge in [0.15, 0.2) is 11.5 Å². The zero-order valence-electron chi connectivity index (χ0n) is 17.8. The Morgan fingerprint density at radius 2 is 1.74 bits per heavy atom. The molecule has 0 bridgehead atoms. The average molecular weight is 483 g/mol. The lowest BCUT2D eigenvalue weighted by molar-refractivity contribution is -0.129. The number of rotatable bonds is 9. The third-order valence-electron chi connectivity index (χ3n) is 5.53. The van der Waals surface area contributed by atoms with Gasteiger partial charge in [-0.15, -0.1) is 0 Å². The molecule has 0 saturated carbocycles. The van der Waals surface area contributed by atoms with Crippen LogP contribution in [-0.4, -0.2) is 52.8 Å². The van der Waals surface area contributed by atoms with Gasteiger partial charge in [-0.1, -0.05) is 78.3 Å². The highest BCUT2D eigenvalue weighted by molar-refractivity contribution is 9.10. The fraction of sp³-hybridized carbons (Fsp3) is 0.280. The SMILES string of the molecule is CCN(CC)CCN1C(=O)C(O)=C(C(=O)/C=C/c2ccccc2)[C@H]1c1ccc(Br)cc1. The van der Waals surface area contributed by atoms with Gasteiger partial charge in [0.25, 0.3) is 5.91 Å². The van der Waals surface area contributed by atoms with Gasteiger partial charge in [0.2, 0.25) is 0 Å². The molecule has 1 N–H and O–H groups in total. The van der Waals surface area contributed by atoms with Crippen molar-refractivity contribution >= 4 is 33.7 Å². The van der Waals surface area contributed by atoms with Gasteiger partial charge in [0, 0.05) is 17.6 Å². The number of amides is 1. The van der Waals surface area contributed by atoms with Gasteiger partial charge in [-0.3, -0.25) is 9.59 Å². The molecule has 1 aliphatic rings. The first-order chi connectivity index (χ1) is 15.0. The first kappa shape index (κ1) is 23.0. The number of benzene rings is 2. The van der Waals surface area contributed by atoms with Gasteiger partial charge < -0.3 is 14.9 Å². The third-order valence-corrected chi connectivity index (χ3v) is 6.06. The Kier molecular flexibility index (Phi) is 7.82. The lowest BCUT2D eigenvalue weighted by Crippen LogP contribution is -2.38. The van der Waals surface area contributed by atoms with Crippen molar-refractivity contribution in [1.82, 2.24) is 9.80 Å². The Morgan fingerprint density at radius 1 is 1.10 bits per heavy atom.